The number of carboxylic acid groups (broad SMARTS) is 2. The van der Waals surface area contributed by atoms with Gasteiger partial charge in [0, 0.05) is 79.0 Å². The van der Waals surface area contributed by atoms with Crippen molar-refractivity contribution >= 4 is 40.1 Å². The highest BCUT2D eigenvalue weighted by Gasteiger charge is 2.33. The maximum Gasteiger partial charge on any atom is 0.328 e. The van der Waals surface area contributed by atoms with E-state index in [2.05, 4.69) is 59.1 Å². The molecule has 196 valence electrons. The van der Waals surface area contributed by atoms with Gasteiger partial charge in [0.15, 0.2) is 0 Å². The Bertz CT molecular complexity index is 1290. The van der Waals surface area contributed by atoms with Crippen LogP contribution in [0.15, 0.2) is 54.7 Å². The third-order valence-electron chi connectivity index (χ3n) is 6.58. The lowest BCUT2D eigenvalue weighted by Gasteiger charge is -2.36. The number of ether oxygens (including phenoxy) is 1. The summed E-state index contributed by atoms with van der Waals surface area (Å²) in [6.07, 6.45) is 5.29. The van der Waals surface area contributed by atoms with E-state index >= 15 is 0 Å². The summed E-state index contributed by atoms with van der Waals surface area (Å²) in [4.78, 5) is 27.5. The summed E-state index contributed by atoms with van der Waals surface area (Å²) in [5.74, 6) is -1.41. The lowest BCUT2D eigenvalue weighted by molar-refractivity contribution is -0.134. The molecule has 37 heavy (non-hydrogen) atoms. The zero-order valence-electron chi connectivity index (χ0n) is 21.0. The third kappa shape index (κ3) is 6.84. The van der Waals surface area contributed by atoms with Crippen molar-refractivity contribution in [2.24, 2.45) is 0 Å². The van der Waals surface area contributed by atoms with E-state index in [9.17, 15) is 9.59 Å². The van der Waals surface area contributed by atoms with E-state index in [0.29, 0.717) is 12.2 Å². The molecular weight excluding hydrogens is 494 g/mol. The molecule has 0 unspecified atom stereocenters. The molecule has 0 bridgehead atoms. The van der Waals surface area contributed by atoms with Crippen LogP contribution >= 0.6 is 11.6 Å². The normalized spacial score (nSPS) is 16.8. The summed E-state index contributed by atoms with van der Waals surface area (Å²) in [6.45, 7) is 9.69. The summed E-state index contributed by atoms with van der Waals surface area (Å²) in [5.41, 5.74) is 5.01. The van der Waals surface area contributed by atoms with Gasteiger partial charge in [0.2, 0.25) is 0 Å². The van der Waals surface area contributed by atoms with Gasteiger partial charge in [0.05, 0.1) is 5.69 Å². The second-order valence-corrected chi connectivity index (χ2v) is 10.3. The lowest BCUT2D eigenvalue weighted by Crippen LogP contribution is -2.47. The molecule has 2 aromatic carbocycles. The Morgan fingerprint density at radius 2 is 1.78 bits per heavy atom. The molecule has 3 aromatic rings. The minimum atomic E-state index is -1.26. The number of piperazine rings is 1. The molecule has 5 rings (SSSR count). The van der Waals surface area contributed by atoms with Crippen LogP contribution in [0.5, 0.6) is 5.75 Å². The largest absolute Gasteiger partial charge is 0.485 e. The van der Waals surface area contributed by atoms with Crippen LogP contribution in [-0.2, 0) is 22.4 Å². The second kappa shape index (κ2) is 11.3. The van der Waals surface area contributed by atoms with Crippen LogP contribution in [-0.4, -0.2) is 70.4 Å². The number of aromatic nitrogens is 1. The molecule has 0 saturated carbocycles. The fourth-order valence-corrected chi connectivity index (χ4v) is 5.02. The molecule has 3 N–H and O–H groups in total. The summed E-state index contributed by atoms with van der Waals surface area (Å²) in [7, 11) is 0. The Hall–Kier alpha value is -3.49. The number of aliphatic carboxylic acids is 2. The van der Waals surface area contributed by atoms with E-state index in [1.807, 2.05) is 12.1 Å². The number of aromatic amines is 1. The van der Waals surface area contributed by atoms with E-state index < -0.39 is 11.9 Å². The van der Waals surface area contributed by atoms with Crippen LogP contribution in [0.1, 0.15) is 25.0 Å². The number of nitrogens with zero attached hydrogens (tertiary/aromatic N) is 2. The smallest absolute Gasteiger partial charge is 0.328 e. The van der Waals surface area contributed by atoms with Crippen LogP contribution in [0.2, 0.25) is 5.02 Å². The number of H-pyrrole nitrogens is 1. The van der Waals surface area contributed by atoms with E-state index in [1.54, 1.807) is 0 Å². The van der Waals surface area contributed by atoms with E-state index in [-0.39, 0.29) is 5.60 Å². The molecule has 1 fully saturated rings. The summed E-state index contributed by atoms with van der Waals surface area (Å²) in [5, 5.41) is 17.7. The number of hydrogen-bond donors (Lipinski definition) is 3. The van der Waals surface area contributed by atoms with Gasteiger partial charge in [0.25, 0.3) is 0 Å². The molecule has 0 atom stereocenters. The molecule has 0 aliphatic carbocycles. The van der Waals surface area contributed by atoms with Crippen molar-refractivity contribution in [1.29, 1.82) is 0 Å². The molecule has 0 spiro atoms. The van der Waals surface area contributed by atoms with E-state index in [4.69, 9.17) is 26.6 Å². The molecule has 9 heteroatoms. The summed E-state index contributed by atoms with van der Waals surface area (Å²) >= 11 is 6.10. The maximum absolute atomic E-state index is 9.55. The van der Waals surface area contributed by atoms with Crippen LogP contribution in [0, 0.1) is 0 Å². The predicted molar refractivity (Wildman–Crippen MR) is 145 cm³/mol. The first-order chi connectivity index (χ1) is 17.6. The zero-order chi connectivity index (χ0) is 26.6. The summed E-state index contributed by atoms with van der Waals surface area (Å²) in [6, 6.07) is 12.7. The van der Waals surface area contributed by atoms with Crippen LogP contribution < -0.4 is 9.64 Å². The van der Waals surface area contributed by atoms with Gasteiger partial charge in [0.1, 0.15) is 11.4 Å². The van der Waals surface area contributed by atoms with Gasteiger partial charge in [-0.15, -0.1) is 0 Å². The number of carboxylic acids is 2. The zero-order valence-corrected chi connectivity index (χ0v) is 21.8. The molecule has 8 nitrogen and oxygen atoms in total. The predicted octanol–water partition coefficient (Wildman–Crippen LogP) is 4.61. The number of carbonyl (C=O) groups is 2. The van der Waals surface area contributed by atoms with Crippen molar-refractivity contribution in [3.8, 4) is 5.75 Å². The number of halogens is 1. The number of fused-ring (bicyclic) bond motifs is 2. The molecule has 3 heterocycles. The molecule has 1 aromatic heterocycles. The monoisotopic (exact) mass is 525 g/mol. The van der Waals surface area contributed by atoms with Crippen molar-refractivity contribution in [3.63, 3.8) is 0 Å². The Balaban J connectivity index is 0.000000349. The Kier molecular flexibility index (Phi) is 8.10. The number of hydrogen-bond acceptors (Lipinski definition) is 5. The average Bonchev–Trinajstić information content (AvgIpc) is 3.40. The van der Waals surface area contributed by atoms with Crippen molar-refractivity contribution in [2.45, 2.75) is 32.3 Å². The summed E-state index contributed by atoms with van der Waals surface area (Å²) < 4.78 is 6.28. The molecule has 2 aliphatic rings. The van der Waals surface area contributed by atoms with Crippen molar-refractivity contribution < 1.29 is 24.5 Å². The van der Waals surface area contributed by atoms with Crippen LogP contribution in [0.4, 0.5) is 5.69 Å². The number of para-hydroxylation sites is 1. The number of benzene rings is 2. The van der Waals surface area contributed by atoms with Gasteiger partial charge in [-0.25, -0.2) is 9.59 Å². The SMILES string of the molecule is CC1(C)Cc2cccc(N3CCN(CCc4c[nH]c5cc(Cl)ccc45)CC3)c2O1.O=C(O)C=CC(=O)O. The van der Waals surface area contributed by atoms with Gasteiger partial charge >= 0.3 is 11.9 Å². The van der Waals surface area contributed by atoms with Gasteiger partial charge in [-0.2, -0.15) is 0 Å². The fraction of sp³-hybridized carbons (Fsp3) is 0.357. The number of anilines is 1. The van der Waals surface area contributed by atoms with Crippen molar-refractivity contribution in [1.82, 2.24) is 9.88 Å². The topological polar surface area (TPSA) is 106 Å². The third-order valence-corrected chi connectivity index (χ3v) is 6.81. The molecule has 2 aliphatic heterocycles. The number of nitrogens with one attached hydrogen (secondary N) is 1. The average molecular weight is 526 g/mol. The highest BCUT2D eigenvalue weighted by molar-refractivity contribution is 6.31. The van der Waals surface area contributed by atoms with Gasteiger partial charge in [-0.05, 0) is 44.0 Å². The minimum Gasteiger partial charge on any atom is -0.485 e. The highest BCUT2D eigenvalue weighted by Crippen LogP contribution is 2.42. The molecule has 1 saturated heterocycles. The Labute approximate surface area is 221 Å². The molecular formula is C28H32ClN3O5. The minimum absolute atomic E-state index is 0.0934. The second-order valence-electron chi connectivity index (χ2n) is 9.90. The van der Waals surface area contributed by atoms with E-state index in [1.165, 1.54) is 22.2 Å². The van der Waals surface area contributed by atoms with E-state index in [0.717, 1.165) is 61.9 Å². The fourth-order valence-electron chi connectivity index (χ4n) is 4.85. The van der Waals surface area contributed by atoms with Gasteiger partial charge in [-0.1, -0.05) is 29.8 Å². The first-order valence-electron chi connectivity index (χ1n) is 12.3. The van der Waals surface area contributed by atoms with Gasteiger partial charge < -0.3 is 24.8 Å². The van der Waals surface area contributed by atoms with Crippen molar-refractivity contribution in [3.05, 3.63) is 70.9 Å². The molecule has 0 radical (unpaired) electrons. The van der Waals surface area contributed by atoms with Crippen LogP contribution in [0.3, 0.4) is 0 Å². The lowest BCUT2D eigenvalue weighted by atomic mass is 10.0. The van der Waals surface area contributed by atoms with Crippen molar-refractivity contribution in [2.75, 3.05) is 37.6 Å². The first kappa shape index (κ1) is 26.6. The highest BCUT2D eigenvalue weighted by atomic mass is 35.5. The van der Waals surface area contributed by atoms with Gasteiger partial charge in [-0.3, -0.25) is 4.90 Å². The maximum atomic E-state index is 9.55. The Morgan fingerprint density at radius 3 is 2.46 bits per heavy atom. The quantitative estimate of drug-likeness (QED) is 0.403. The standard InChI is InChI=1S/C24H28ClN3O.C4H4O4/c1-24(2)15-17-4-3-5-22(23(17)29-24)28-12-10-27(11-13-28)9-8-18-16-26-21-14-19(25)6-7-20(18)21;5-3(6)1-2-4(7)8/h3-7,14,16,26H,8-13,15H2,1-2H3;1-2H,(H,5,6)(H,7,8). The molecule has 0 amide bonds. The first-order valence-corrected chi connectivity index (χ1v) is 12.7. The Morgan fingerprint density at radius 1 is 1.08 bits per heavy atom. The van der Waals surface area contributed by atoms with Crippen LogP contribution in [0.25, 0.3) is 10.9 Å². The number of rotatable bonds is 6.